The van der Waals surface area contributed by atoms with Crippen molar-refractivity contribution >= 4 is 23.7 Å². The molecule has 3 rings (SSSR count). The number of anilines is 1. The van der Waals surface area contributed by atoms with E-state index in [9.17, 15) is 14.4 Å². The zero-order chi connectivity index (χ0) is 26.6. The quantitative estimate of drug-likeness (QED) is 0.285. The third kappa shape index (κ3) is 8.28. The van der Waals surface area contributed by atoms with Gasteiger partial charge in [0.1, 0.15) is 5.75 Å². The number of hydrogen-bond acceptors (Lipinski definition) is 7. The van der Waals surface area contributed by atoms with Crippen molar-refractivity contribution in [3.05, 3.63) is 83.4 Å². The number of nitrogens with one attached hydrogen (secondary N) is 2. The van der Waals surface area contributed by atoms with E-state index >= 15 is 0 Å². The smallest absolute Gasteiger partial charge is 0.493 e. The Hall–Kier alpha value is -4.53. The molecule has 0 aliphatic carbocycles. The fraction of sp³-hybridized carbons (Fsp3) is 0.250. The van der Waals surface area contributed by atoms with Gasteiger partial charge >= 0.3 is 6.16 Å². The topological polar surface area (TPSA) is 112 Å². The molecule has 0 fully saturated rings. The maximum atomic E-state index is 12.6. The summed E-state index contributed by atoms with van der Waals surface area (Å²) in [4.78, 5) is 36.4. The van der Waals surface area contributed by atoms with Gasteiger partial charge in [-0.05, 0) is 73.0 Å². The lowest BCUT2D eigenvalue weighted by Crippen LogP contribution is -2.23. The Morgan fingerprint density at radius 1 is 0.838 bits per heavy atom. The van der Waals surface area contributed by atoms with Crippen molar-refractivity contribution in [2.75, 3.05) is 26.1 Å². The van der Waals surface area contributed by atoms with Gasteiger partial charge in [0.05, 0.1) is 20.8 Å². The Morgan fingerprint density at radius 3 is 2.30 bits per heavy atom. The second-order valence-electron chi connectivity index (χ2n) is 7.93. The summed E-state index contributed by atoms with van der Waals surface area (Å²) >= 11 is 0. The van der Waals surface area contributed by atoms with E-state index in [-0.39, 0.29) is 24.2 Å². The average molecular weight is 507 g/mol. The van der Waals surface area contributed by atoms with Crippen LogP contribution in [0, 0.1) is 0 Å². The van der Waals surface area contributed by atoms with Crippen molar-refractivity contribution in [2.45, 2.75) is 26.3 Å². The van der Waals surface area contributed by atoms with Crippen molar-refractivity contribution in [1.29, 1.82) is 0 Å². The van der Waals surface area contributed by atoms with Crippen molar-refractivity contribution < 1.29 is 33.3 Å². The van der Waals surface area contributed by atoms with E-state index < -0.39 is 6.16 Å². The zero-order valence-electron chi connectivity index (χ0n) is 21.0. The lowest BCUT2D eigenvalue weighted by Gasteiger charge is -2.11. The fourth-order valence-corrected chi connectivity index (χ4v) is 3.46. The molecule has 0 aliphatic heterocycles. The fourth-order valence-electron chi connectivity index (χ4n) is 3.46. The highest BCUT2D eigenvalue weighted by Crippen LogP contribution is 2.28. The molecule has 0 spiro atoms. The number of carbonyl (C=O) groups excluding carboxylic acids is 3. The Bertz CT molecular complexity index is 1230. The summed E-state index contributed by atoms with van der Waals surface area (Å²) in [6.45, 7) is 2.22. The molecule has 0 heterocycles. The van der Waals surface area contributed by atoms with E-state index in [1.54, 1.807) is 51.5 Å². The molecule has 2 N–H and O–H groups in total. The van der Waals surface area contributed by atoms with Crippen LogP contribution in [0.25, 0.3) is 0 Å². The van der Waals surface area contributed by atoms with Crippen LogP contribution in [0.5, 0.6) is 17.2 Å². The largest absolute Gasteiger partial charge is 0.513 e. The monoisotopic (exact) mass is 506 g/mol. The molecule has 0 unspecified atom stereocenters. The molecule has 0 bridgehead atoms. The zero-order valence-corrected chi connectivity index (χ0v) is 21.0. The summed E-state index contributed by atoms with van der Waals surface area (Å²) in [6, 6.07) is 18.9. The van der Waals surface area contributed by atoms with Gasteiger partial charge in [-0.1, -0.05) is 18.2 Å². The van der Waals surface area contributed by atoms with Crippen molar-refractivity contribution in [3.8, 4) is 17.2 Å². The lowest BCUT2D eigenvalue weighted by molar-refractivity contribution is -0.121. The van der Waals surface area contributed by atoms with Crippen LogP contribution in [0.2, 0.25) is 0 Å². The third-order valence-electron chi connectivity index (χ3n) is 5.34. The molecule has 2 amide bonds. The summed E-state index contributed by atoms with van der Waals surface area (Å²) in [5, 5.41) is 5.73. The first-order valence-corrected chi connectivity index (χ1v) is 11.7. The normalized spacial score (nSPS) is 10.2. The molecule has 0 saturated heterocycles. The van der Waals surface area contributed by atoms with Gasteiger partial charge in [-0.3, -0.25) is 9.59 Å². The van der Waals surface area contributed by atoms with E-state index in [0.29, 0.717) is 42.1 Å². The highest BCUT2D eigenvalue weighted by atomic mass is 16.7. The molecule has 3 aromatic carbocycles. The van der Waals surface area contributed by atoms with Crippen molar-refractivity contribution in [1.82, 2.24) is 5.32 Å². The summed E-state index contributed by atoms with van der Waals surface area (Å²) in [7, 11) is 3.15. The summed E-state index contributed by atoms with van der Waals surface area (Å²) < 4.78 is 20.3. The number of hydrogen-bond donors (Lipinski definition) is 2. The van der Waals surface area contributed by atoms with Crippen LogP contribution in [0.15, 0.2) is 66.7 Å². The van der Waals surface area contributed by atoms with E-state index in [1.807, 2.05) is 24.3 Å². The van der Waals surface area contributed by atoms with Crippen LogP contribution in [-0.2, 0) is 22.5 Å². The molecule has 0 saturated carbocycles. The van der Waals surface area contributed by atoms with Gasteiger partial charge < -0.3 is 29.6 Å². The highest BCUT2D eigenvalue weighted by Gasteiger charge is 2.10. The van der Waals surface area contributed by atoms with E-state index in [1.165, 1.54) is 12.1 Å². The number of ether oxygens (including phenoxy) is 4. The minimum absolute atomic E-state index is 0.0886. The number of carbonyl (C=O) groups is 3. The number of methoxy groups -OCH3 is 2. The van der Waals surface area contributed by atoms with Crippen molar-refractivity contribution in [3.63, 3.8) is 0 Å². The number of amides is 2. The van der Waals surface area contributed by atoms with Crippen LogP contribution >= 0.6 is 0 Å². The summed E-state index contributed by atoms with van der Waals surface area (Å²) in [5.41, 5.74) is 2.80. The molecule has 0 radical (unpaired) electrons. The van der Waals surface area contributed by atoms with Crippen LogP contribution in [0.1, 0.15) is 34.8 Å². The van der Waals surface area contributed by atoms with E-state index in [4.69, 9.17) is 18.9 Å². The second kappa shape index (κ2) is 13.5. The van der Waals surface area contributed by atoms with Gasteiger partial charge in [0.2, 0.25) is 5.91 Å². The molecule has 0 atom stereocenters. The molecular formula is C28H30N2O7. The van der Waals surface area contributed by atoms with Crippen molar-refractivity contribution in [2.24, 2.45) is 0 Å². The molecule has 0 aromatic heterocycles. The maximum absolute atomic E-state index is 12.6. The van der Waals surface area contributed by atoms with Gasteiger partial charge in [-0.15, -0.1) is 0 Å². The summed E-state index contributed by atoms with van der Waals surface area (Å²) in [5.74, 6) is 1.13. The van der Waals surface area contributed by atoms with Gasteiger partial charge in [0.15, 0.2) is 11.5 Å². The minimum Gasteiger partial charge on any atom is -0.493 e. The molecule has 37 heavy (non-hydrogen) atoms. The first-order chi connectivity index (χ1) is 17.9. The SMILES string of the molecule is CCOC(=O)Oc1ccc(C(=O)Nc2cccc(CNC(=O)CCc3ccc(OC)c(OC)c3)c2)cc1. The first kappa shape index (κ1) is 27.1. The van der Waals surface area contributed by atoms with Gasteiger partial charge in [0.25, 0.3) is 5.91 Å². The molecule has 9 heteroatoms. The van der Waals surface area contributed by atoms with Gasteiger partial charge in [-0.2, -0.15) is 0 Å². The molecule has 0 aliphatic rings. The Balaban J connectivity index is 1.49. The number of benzene rings is 3. The van der Waals surface area contributed by atoms with E-state index in [0.717, 1.165) is 11.1 Å². The molecule has 3 aromatic rings. The van der Waals surface area contributed by atoms with Crippen LogP contribution in [0.3, 0.4) is 0 Å². The van der Waals surface area contributed by atoms with Crippen LogP contribution in [-0.4, -0.2) is 38.8 Å². The Labute approximate surface area is 215 Å². The molecule has 9 nitrogen and oxygen atoms in total. The standard InChI is InChI=1S/C28H30N2O7/c1-4-36-28(33)37-23-12-10-21(11-13-23)27(32)30-22-7-5-6-20(16-22)18-29-26(31)15-9-19-8-14-24(34-2)25(17-19)35-3/h5-8,10-14,16-17H,4,9,15,18H2,1-3H3,(H,29,31)(H,30,32). The average Bonchev–Trinajstić information content (AvgIpc) is 2.91. The predicted molar refractivity (Wildman–Crippen MR) is 138 cm³/mol. The van der Waals surface area contributed by atoms with Crippen LogP contribution < -0.4 is 24.8 Å². The van der Waals surface area contributed by atoms with E-state index in [2.05, 4.69) is 10.6 Å². The molecular weight excluding hydrogens is 476 g/mol. The molecule has 194 valence electrons. The maximum Gasteiger partial charge on any atom is 0.513 e. The number of rotatable bonds is 11. The third-order valence-corrected chi connectivity index (χ3v) is 5.34. The predicted octanol–water partition coefficient (Wildman–Crippen LogP) is 4.74. The first-order valence-electron chi connectivity index (χ1n) is 11.7. The minimum atomic E-state index is -0.801. The van der Waals surface area contributed by atoms with Crippen LogP contribution in [0.4, 0.5) is 10.5 Å². The van der Waals surface area contributed by atoms with Gasteiger partial charge in [0, 0.05) is 24.2 Å². The lowest BCUT2D eigenvalue weighted by atomic mass is 10.1. The second-order valence-corrected chi connectivity index (χ2v) is 7.93. The van der Waals surface area contributed by atoms with Gasteiger partial charge in [-0.25, -0.2) is 4.79 Å². The highest BCUT2D eigenvalue weighted by molar-refractivity contribution is 6.04. The Morgan fingerprint density at radius 2 is 1.59 bits per heavy atom. The number of aryl methyl sites for hydroxylation is 1. The summed E-state index contributed by atoms with van der Waals surface area (Å²) in [6.07, 6.45) is 0.0813. The Kier molecular flexibility index (Phi) is 9.90.